The summed E-state index contributed by atoms with van der Waals surface area (Å²) < 4.78 is 4.85. The van der Waals surface area contributed by atoms with Crippen LogP contribution in [0.25, 0.3) is 0 Å². The highest BCUT2D eigenvalue weighted by Gasteiger charge is 2.11. The molecule has 0 unspecified atom stereocenters. The van der Waals surface area contributed by atoms with Crippen LogP contribution in [-0.2, 0) is 20.6 Å². The SMILES string of the molecule is Cn1c(NC(=O)c2ccc(Cn3cc(Br)cn3)cc2)cc(=O)n(C)c1=O. The lowest BCUT2D eigenvalue weighted by molar-refractivity contribution is 0.102. The Labute approximate surface area is 156 Å². The van der Waals surface area contributed by atoms with Crippen molar-refractivity contribution in [1.82, 2.24) is 18.9 Å². The van der Waals surface area contributed by atoms with Crippen molar-refractivity contribution in [1.29, 1.82) is 0 Å². The third-order valence-electron chi connectivity index (χ3n) is 3.93. The normalized spacial score (nSPS) is 10.7. The van der Waals surface area contributed by atoms with Crippen molar-refractivity contribution in [3.63, 3.8) is 0 Å². The van der Waals surface area contributed by atoms with Crippen molar-refractivity contribution in [3.8, 4) is 0 Å². The molecule has 3 rings (SSSR count). The first-order chi connectivity index (χ1) is 12.3. The van der Waals surface area contributed by atoms with Crippen LogP contribution in [0.2, 0.25) is 0 Å². The van der Waals surface area contributed by atoms with E-state index in [1.807, 2.05) is 18.3 Å². The molecule has 1 aromatic carbocycles. The highest BCUT2D eigenvalue weighted by Crippen LogP contribution is 2.11. The first-order valence-electron chi connectivity index (χ1n) is 7.70. The Morgan fingerprint density at radius 3 is 2.46 bits per heavy atom. The van der Waals surface area contributed by atoms with Crippen molar-refractivity contribution in [2.75, 3.05) is 5.32 Å². The molecular formula is C17H16BrN5O3. The average Bonchev–Trinajstić information content (AvgIpc) is 3.03. The molecule has 3 aromatic rings. The highest BCUT2D eigenvalue weighted by molar-refractivity contribution is 9.10. The Morgan fingerprint density at radius 1 is 1.15 bits per heavy atom. The third-order valence-corrected chi connectivity index (χ3v) is 4.34. The Hall–Kier alpha value is -2.94. The Bertz CT molecular complexity index is 1080. The number of rotatable bonds is 4. The molecule has 0 spiro atoms. The number of halogens is 1. The minimum absolute atomic E-state index is 0.147. The largest absolute Gasteiger partial charge is 0.332 e. The Morgan fingerprint density at radius 2 is 1.85 bits per heavy atom. The second kappa shape index (κ2) is 7.12. The number of aromatic nitrogens is 4. The van der Waals surface area contributed by atoms with Crippen LogP contribution < -0.4 is 16.6 Å². The summed E-state index contributed by atoms with van der Waals surface area (Å²) in [5.74, 6) is -0.254. The molecule has 1 N–H and O–H groups in total. The van der Waals surface area contributed by atoms with E-state index in [1.165, 1.54) is 24.7 Å². The predicted molar refractivity (Wildman–Crippen MR) is 100 cm³/mol. The predicted octanol–water partition coefficient (Wildman–Crippen LogP) is 1.34. The van der Waals surface area contributed by atoms with Crippen LogP contribution in [0.1, 0.15) is 15.9 Å². The van der Waals surface area contributed by atoms with Gasteiger partial charge in [-0.05, 0) is 33.6 Å². The monoisotopic (exact) mass is 417 g/mol. The van der Waals surface area contributed by atoms with Crippen molar-refractivity contribution >= 4 is 27.7 Å². The summed E-state index contributed by atoms with van der Waals surface area (Å²) in [6.07, 6.45) is 3.56. The second-order valence-corrected chi connectivity index (χ2v) is 6.69. The summed E-state index contributed by atoms with van der Waals surface area (Å²) in [4.78, 5) is 36.0. The van der Waals surface area contributed by atoms with Crippen LogP contribution in [0, 0.1) is 0 Å². The quantitative estimate of drug-likeness (QED) is 0.693. The molecule has 134 valence electrons. The lowest BCUT2D eigenvalue weighted by Crippen LogP contribution is -2.38. The summed E-state index contributed by atoms with van der Waals surface area (Å²) in [7, 11) is 2.87. The summed E-state index contributed by atoms with van der Waals surface area (Å²) in [6, 6.07) is 8.23. The van der Waals surface area contributed by atoms with E-state index >= 15 is 0 Å². The summed E-state index contributed by atoms with van der Waals surface area (Å²) >= 11 is 3.34. The molecule has 9 heteroatoms. The molecular weight excluding hydrogens is 402 g/mol. The first kappa shape index (κ1) is 17.9. The molecule has 0 fully saturated rings. The molecule has 0 aliphatic carbocycles. The van der Waals surface area contributed by atoms with Crippen LogP contribution in [0.4, 0.5) is 5.82 Å². The molecule has 0 bridgehead atoms. The summed E-state index contributed by atoms with van der Waals surface area (Å²) in [5.41, 5.74) is 0.416. The van der Waals surface area contributed by atoms with Gasteiger partial charge in [0.05, 0.1) is 17.2 Å². The molecule has 0 saturated heterocycles. The Balaban J connectivity index is 1.76. The average molecular weight is 418 g/mol. The van der Waals surface area contributed by atoms with E-state index in [0.717, 1.165) is 14.6 Å². The summed E-state index contributed by atoms with van der Waals surface area (Å²) in [5, 5.41) is 6.78. The van der Waals surface area contributed by atoms with Crippen LogP contribution in [0.15, 0.2) is 56.8 Å². The fourth-order valence-corrected chi connectivity index (χ4v) is 2.74. The van der Waals surface area contributed by atoms with Gasteiger partial charge < -0.3 is 5.32 Å². The van der Waals surface area contributed by atoms with Crippen molar-refractivity contribution in [2.24, 2.45) is 14.1 Å². The van der Waals surface area contributed by atoms with Gasteiger partial charge in [0.25, 0.3) is 11.5 Å². The van der Waals surface area contributed by atoms with E-state index in [-0.39, 0.29) is 5.82 Å². The molecule has 0 atom stereocenters. The van der Waals surface area contributed by atoms with E-state index in [4.69, 9.17) is 0 Å². The number of anilines is 1. The maximum atomic E-state index is 12.4. The number of nitrogens with one attached hydrogen (secondary N) is 1. The minimum Gasteiger partial charge on any atom is -0.308 e. The van der Waals surface area contributed by atoms with Gasteiger partial charge in [0, 0.05) is 31.9 Å². The number of amides is 1. The summed E-state index contributed by atoms with van der Waals surface area (Å²) in [6.45, 7) is 0.580. The maximum absolute atomic E-state index is 12.4. The zero-order chi connectivity index (χ0) is 18.8. The van der Waals surface area contributed by atoms with Gasteiger partial charge in [0.2, 0.25) is 0 Å². The number of nitrogens with zero attached hydrogens (tertiary/aromatic N) is 4. The van der Waals surface area contributed by atoms with Gasteiger partial charge in [-0.15, -0.1) is 0 Å². The zero-order valence-corrected chi connectivity index (χ0v) is 15.7. The van der Waals surface area contributed by atoms with Gasteiger partial charge >= 0.3 is 5.69 Å². The molecule has 8 nitrogen and oxygen atoms in total. The van der Waals surface area contributed by atoms with Crippen LogP contribution in [0.3, 0.4) is 0 Å². The molecule has 1 amide bonds. The van der Waals surface area contributed by atoms with Gasteiger partial charge in [-0.2, -0.15) is 5.10 Å². The minimum atomic E-state index is -0.506. The van der Waals surface area contributed by atoms with Crippen LogP contribution in [-0.4, -0.2) is 24.8 Å². The van der Waals surface area contributed by atoms with Gasteiger partial charge in [-0.3, -0.25) is 23.4 Å². The lowest BCUT2D eigenvalue weighted by Gasteiger charge is -2.11. The van der Waals surface area contributed by atoms with E-state index in [2.05, 4.69) is 26.3 Å². The van der Waals surface area contributed by atoms with E-state index < -0.39 is 17.2 Å². The molecule has 0 radical (unpaired) electrons. The fraction of sp³-hybridized carbons (Fsp3) is 0.176. The van der Waals surface area contributed by atoms with Crippen molar-refractivity contribution in [3.05, 3.63) is 79.2 Å². The maximum Gasteiger partial charge on any atom is 0.332 e. The van der Waals surface area contributed by atoms with Gasteiger partial charge in [0.1, 0.15) is 5.82 Å². The number of benzene rings is 1. The smallest absolute Gasteiger partial charge is 0.308 e. The van der Waals surface area contributed by atoms with Gasteiger partial charge in [0.15, 0.2) is 0 Å². The third kappa shape index (κ3) is 3.67. The highest BCUT2D eigenvalue weighted by atomic mass is 79.9. The van der Waals surface area contributed by atoms with E-state index in [9.17, 15) is 14.4 Å². The second-order valence-electron chi connectivity index (χ2n) is 5.78. The molecule has 0 saturated carbocycles. The van der Waals surface area contributed by atoms with E-state index in [0.29, 0.717) is 12.1 Å². The van der Waals surface area contributed by atoms with Crippen molar-refractivity contribution < 1.29 is 4.79 Å². The first-order valence-corrected chi connectivity index (χ1v) is 8.50. The standard InChI is InChI=1S/C17H16BrN5O3/c1-21-14(7-15(24)22(2)17(21)26)20-16(25)12-5-3-11(4-6-12)9-23-10-13(18)8-19-23/h3-8,10H,9H2,1-2H3,(H,20,25). The number of hydrogen-bond donors (Lipinski definition) is 1. The number of carbonyl (C=O) groups excluding carboxylic acids is 1. The van der Waals surface area contributed by atoms with Gasteiger partial charge in [-0.1, -0.05) is 12.1 Å². The van der Waals surface area contributed by atoms with Gasteiger partial charge in [-0.25, -0.2) is 4.79 Å². The zero-order valence-electron chi connectivity index (χ0n) is 14.1. The Kier molecular flexibility index (Phi) is 4.90. The molecule has 2 aromatic heterocycles. The number of hydrogen-bond acceptors (Lipinski definition) is 4. The van der Waals surface area contributed by atoms with Crippen molar-refractivity contribution in [2.45, 2.75) is 6.54 Å². The number of carbonyl (C=O) groups is 1. The molecule has 0 aliphatic heterocycles. The molecule has 0 aliphatic rings. The molecule has 2 heterocycles. The van der Waals surface area contributed by atoms with E-state index in [1.54, 1.807) is 23.0 Å². The van der Waals surface area contributed by atoms with Crippen LogP contribution >= 0.6 is 15.9 Å². The molecule has 26 heavy (non-hydrogen) atoms. The fourth-order valence-electron chi connectivity index (χ4n) is 2.41. The lowest BCUT2D eigenvalue weighted by atomic mass is 10.1. The topological polar surface area (TPSA) is 90.9 Å². The van der Waals surface area contributed by atoms with Crippen LogP contribution in [0.5, 0.6) is 0 Å².